The Balaban J connectivity index is 0.000000286. The number of fused-ring (bicyclic) bond motifs is 1. The lowest BCUT2D eigenvalue weighted by molar-refractivity contribution is -0.193. The Hall–Kier alpha value is -3.98. The summed E-state index contributed by atoms with van der Waals surface area (Å²) in [6.45, 7) is 2.86. The number of hydrogen-bond donors (Lipinski definition) is 2. The van der Waals surface area contributed by atoms with Crippen LogP contribution in [0.15, 0.2) is 36.9 Å². The zero-order valence-electron chi connectivity index (χ0n) is 19.1. The van der Waals surface area contributed by atoms with E-state index in [1.807, 2.05) is 36.4 Å². The monoisotopic (exact) mass is 537 g/mol. The molecule has 0 radical (unpaired) electrons. The highest BCUT2D eigenvalue weighted by Crippen LogP contribution is 2.35. The summed E-state index contributed by atoms with van der Waals surface area (Å²) >= 11 is 0. The number of rotatable bonds is 2. The van der Waals surface area contributed by atoms with Gasteiger partial charge in [-0.15, -0.1) is 0 Å². The molecule has 0 unspecified atom stereocenters. The van der Waals surface area contributed by atoms with Gasteiger partial charge in [-0.2, -0.15) is 26.3 Å². The molecule has 2 aromatic heterocycles. The van der Waals surface area contributed by atoms with Gasteiger partial charge in [0.25, 0.3) is 0 Å². The number of carboxylic acids is 2. The van der Waals surface area contributed by atoms with Gasteiger partial charge in [0.05, 0.1) is 24.0 Å². The Morgan fingerprint density at radius 1 is 0.946 bits per heavy atom. The number of piperidine rings is 1. The smallest absolute Gasteiger partial charge is 0.475 e. The minimum atomic E-state index is -5.08. The molecule has 1 amide bonds. The lowest BCUT2D eigenvalue weighted by Crippen LogP contribution is -2.53. The Kier molecular flexibility index (Phi) is 9.36. The van der Waals surface area contributed by atoms with Crippen molar-refractivity contribution in [3.05, 3.63) is 42.5 Å². The van der Waals surface area contributed by atoms with Crippen molar-refractivity contribution < 1.29 is 50.9 Å². The molecule has 4 heterocycles. The van der Waals surface area contributed by atoms with Gasteiger partial charge < -0.3 is 20.0 Å². The highest BCUT2D eigenvalue weighted by atomic mass is 19.4. The summed E-state index contributed by atoms with van der Waals surface area (Å²) in [5, 5.41) is 14.2. The van der Waals surface area contributed by atoms with Crippen molar-refractivity contribution in [2.24, 2.45) is 0 Å². The van der Waals surface area contributed by atoms with E-state index in [0.29, 0.717) is 6.42 Å². The highest BCUT2D eigenvalue weighted by Gasteiger charge is 2.44. The predicted octanol–water partition coefficient (Wildman–Crippen LogP) is 3.22. The van der Waals surface area contributed by atoms with Crippen LogP contribution >= 0.6 is 0 Å². The van der Waals surface area contributed by atoms with Crippen LogP contribution in [0.1, 0.15) is 24.8 Å². The molecule has 202 valence electrons. The van der Waals surface area contributed by atoms with Gasteiger partial charge in [-0.3, -0.25) is 9.78 Å². The van der Waals surface area contributed by atoms with Crippen LogP contribution in [0.3, 0.4) is 0 Å². The number of alkyl halides is 6. The zero-order valence-corrected chi connectivity index (χ0v) is 19.1. The molecule has 2 atom stereocenters. The summed E-state index contributed by atoms with van der Waals surface area (Å²) in [5.41, 5.74) is 1.94. The van der Waals surface area contributed by atoms with Crippen LogP contribution in [0, 0.1) is 6.92 Å². The van der Waals surface area contributed by atoms with Crippen LogP contribution < -0.4 is 9.80 Å². The van der Waals surface area contributed by atoms with E-state index >= 15 is 0 Å². The predicted molar refractivity (Wildman–Crippen MR) is 115 cm³/mol. The average Bonchev–Trinajstić information content (AvgIpc) is 3.23. The van der Waals surface area contributed by atoms with Gasteiger partial charge in [-0.05, 0) is 37.5 Å². The van der Waals surface area contributed by atoms with Crippen molar-refractivity contribution in [1.82, 2.24) is 15.0 Å². The summed E-state index contributed by atoms with van der Waals surface area (Å²) < 4.78 is 63.5. The summed E-state index contributed by atoms with van der Waals surface area (Å²) in [6.07, 6.45) is -0.620. The number of hydrogen-bond acceptors (Lipinski definition) is 7. The van der Waals surface area contributed by atoms with Gasteiger partial charge in [0.15, 0.2) is 0 Å². The minimum absolute atomic E-state index is 0.172. The van der Waals surface area contributed by atoms with E-state index < -0.39 is 24.3 Å². The van der Waals surface area contributed by atoms with E-state index in [1.54, 1.807) is 12.4 Å². The average molecular weight is 537 g/mol. The maximum atomic E-state index is 12.5. The summed E-state index contributed by atoms with van der Waals surface area (Å²) in [7, 11) is 0. The van der Waals surface area contributed by atoms with Gasteiger partial charge >= 0.3 is 24.3 Å². The van der Waals surface area contributed by atoms with Crippen molar-refractivity contribution in [3.63, 3.8) is 0 Å². The summed E-state index contributed by atoms with van der Waals surface area (Å²) in [4.78, 5) is 47.5. The largest absolute Gasteiger partial charge is 0.490 e. The Morgan fingerprint density at radius 3 is 1.95 bits per heavy atom. The van der Waals surface area contributed by atoms with Gasteiger partial charge in [-0.1, -0.05) is 0 Å². The lowest BCUT2D eigenvalue weighted by Gasteiger charge is -2.39. The quantitative estimate of drug-likeness (QED) is 0.554. The first-order valence-electron chi connectivity index (χ1n) is 10.5. The third-order valence-corrected chi connectivity index (χ3v) is 5.20. The molecule has 2 fully saturated rings. The highest BCUT2D eigenvalue weighted by molar-refractivity contribution is 5.95. The zero-order chi connectivity index (χ0) is 28.0. The fourth-order valence-electron chi connectivity index (χ4n) is 3.68. The first-order valence-corrected chi connectivity index (χ1v) is 10.5. The second-order valence-corrected chi connectivity index (χ2v) is 7.80. The SMILES string of the molecule is Cc1cnc(N2CC[C@H]3[C@@H]2CCC(=O)N3c2cccnc2)nc1.O=C(O)C(F)(F)F.O=C(O)C(F)(F)F. The Morgan fingerprint density at radius 2 is 1.49 bits per heavy atom. The van der Waals surface area contributed by atoms with Crippen LogP contribution in [-0.2, 0) is 14.4 Å². The molecule has 16 heteroatoms. The molecular formula is C21H21F6N5O5. The fraction of sp³-hybridized carbons (Fsp3) is 0.429. The molecule has 0 aromatic carbocycles. The van der Waals surface area contributed by atoms with Crippen LogP contribution in [0.4, 0.5) is 38.0 Å². The molecule has 0 saturated carbocycles. The Labute approximate surface area is 205 Å². The molecule has 2 saturated heterocycles. The molecule has 2 aromatic rings. The number of carbonyl (C=O) groups excluding carboxylic acids is 1. The molecule has 37 heavy (non-hydrogen) atoms. The number of amides is 1. The van der Waals surface area contributed by atoms with Crippen molar-refractivity contribution in [2.75, 3.05) is 16.3 Å². The van der Waals surface area contributed by atoms with Crippen LogP contribution in [0.5, 0.6) is 0 Å². The van der Waals surface area contributed by atoms with E-state index in [1.165, 1.54) is 0 Å². The first kappa shape index (κ1) is 29.3. The van der Waals surface area contributed by atoms with E-state index in [9.17, 15) is 31.1 Å². The molecule has 10 nitrogen and oxygen atoms in total. The number of pyridine rings is 1. The third-order valence-electron chi connectivity index (χ3n) is 5.20. The second-order valence-electron chi connectivity index (χ2n) is 7.80. The maximum absolute atomic E-state index is 12.5. The number of anilines is 2. The lowest BCUT2D eigenvalue weighted by atomic mass is 9.96. The van der Waals surface area contributed by atoms with Crippen LogP contribution in [0.2, 0.25) is 0 Å². The van der Waals surface area contributed by atoms with Crippen molar-refractivity contribution in [2.45, 2.75) is 50.6 Å². The van der Waals surface area contributed by atoms with Crippen molar-refractivity contribution in [1.29, 1.82) is 0 Å². The normalized spacial score (nSPS) is 19.2. The van der Waals surface area contributed by atoms with Gasteiger partial charge in [0.1, 0.15) is 0 Å². The summed E-state index contributed by atoms with van der Waals surface area (Å²) in [5.74, 6) is -4.56. The number of nitrogens with zero attached hydrogens (tertiary/aromatic N) is 5. The van der Waals surface area contributed by atoms with E-state index in [4.69, 9.17) is 19.8 Å². The topological polar surface area (TPSA) is 137 Å². The van der Waals surface area contributed by atoms with Crippen LogP contribution in [0.25, 0.3) is 0 Å². The van der Waals surface area contributed by atoms with E-state index in [0.717, 1.165) is 36.6 Å². The van der Waals surface area contributed by atoms with Gasteiger partial charge in [-0.25, -0.2) is 19.6 Å². The number of aliphatic carboxylic acids is 2. The first-order chi connectivity index (χ1) is 17.1. The van der Waals surface area contributed by atoms with Crippen molar-refractivity contribution in [3.8, 4) is 0 Å². The number of halogens is 6. The number of aromatic nitrogens is 3. The molecule has 0 bridgehead atoms. The molecule has 4 rings (SSSR count). The molecule has 2 aliphatic heterocycles. The van der Waals surface area contributed by atoms with Gasteiger partial charge in [0.2, 0.25) is 11.9 Å². The Bertz CT molecular complexity index is 1060. The summed E-state index contributed by atoms with van der Waals surface area (Å²) in [6, 6.07) is 4.28. The second kappa shape index (κ2) is 11.8. The fourth-order valence-corrected chi connectivity index (χ4v) is 3.68. The van der Waals surface area contributed by atoms with Crippen LogP contribution in [-0.4, -0.2) is 74.0 Å². The number of carbonyl (C=O) groups is 3. The molecular weight excluding hydrogens is 516 g/mol. The number of carboxylic acid groups (broad SMARTS) is 2. The molecule has 0 aliphatic carbocycles. The van der Waals surface area contributed by atoms with E-state index in [-0.39, 0.29) is 18.0 Å². The van der Waals surface area contributed by atoms with Crippen molar-refractivity contribution >= 4 is 29.5 Å². The molecule has 2 aliphatic rings. The van der Waals surface area contributed by atoms with E-state index in [2.05, 4.69) is 19.9 Å². The number of aryl methyl sites for hydroxylation is 1. The van der Waals surface area contributed by atoms with Gasteiger partial charge in [0, 0.05) is 31.6 Å². The standard InChI is InChI=1S/C17H19N5O.2C2HF3O2/c1-12-9-19-17(20-10-12)21-8-6-15-14(21)4-5-16(23)22(15)13-3-2-7-18-11-13;2*3-2(4,5)1(6)7/h2-3,7,9-11,14-15H,4-6,8H2,1H3;2*(H,6,7)/t14-,15-;;/m0../s1. The molecule has 0 spiro atoms. The maximum Gasteiger partial charge on any atom is 0.490 e. The third kappa shape index (κ3) is 8.01. The minimum Gasteiger partial charge on any atom is -0.475 e. The molecule has 2 N–H and O–H groups in total.